The number of fused-ring (bicyclic) bond motifs is 1. The van der Waals surface area contributed by atoms with Crippen molar-refractivity contribution in [2.45, 2.75) is 13.5 Å². The van der Waals surface area contributed by atoms with E-state index in [1.807, 2.05) is 79.7 Å². The number of carbonyl (C=O) groups is 1. The Morgan fingerprint density at radius 1 is 0.943 bits per heavy atom. The van der Waals surface area contributed by atoms with Crippen LogP contribution in [0.1, 0.15) is 28.4 Å². The summed E-state index contributed by atoms with van der Waals surface area (Å²) in [6, 6.07) is 25.2. The lowest BCUT2D eigenvalue weighted by molar-refractivity contribution is 0.0952. The van der Waals surface area contributed by atoms with Crippen molar-refractivity contribution in [1.82, 2.24) is 5.43 Å². The number of rotatable bonds is 9. The van der Waals surface area contributed by atoms with Crippen LogP contribution in [0, 0.1) is 3.57 Å². The molecule has 4 rings (SSSR count). The summed E-state index contributed by atoms with van der Waals surface area (Å²) in [6.45, 7) is 2.86. The van der Waals surface area contributed by atoms with E-state index < -0.39 is 0 Å². The van der Waals surface area contributed by atoms with Gasteiger partial charge in [0.2, 0.25) is 0 Å². The second kappa shape index (κ2) is 11.7. The summed E-state index contributed by atoms with van der Waals surface area (Å²) in [4.78, 5) is 12.8. The van der Waals surface area contributed by atoms with Gasteiger partial charge in [-0.3, -0.25) is 4.79 Å². The first kappa shape index (κ1) is 24.5. The van der Waals surface area contributed by atoms with Crippen molar-refractivity contribution < 1.29 is 19.0 Å². The van der Waals surface area contributed by atoms with Gasteiger partial charge in [-0.25, -0.2) is 5.43 Å². The molecule has 35 heavy (non-hydrogen) atoms. The van der Waals surface area contributed by atoms with E-state index in [1.54, 1.807) is 19.4 Å². The van der Waals surface area contributed by atoms with Gasteiger partial charge in [0.05, 0.1) is 29.1 Å². The zero-order valence-corrected chi connectivity index (χ0v) is 21.6. The Labute approximate surface area is 218 Å². The lowest BCUT2D eigenvalue weighted by Crippen LogP contribution is -2.18. The Bertz CT molecular complexity index is 1360. The van der Waals surface area contributed by atoms with E-state index in [2.05, 4.69) is 33.1 Å². The van der Waals surface area contributed by atoms with Crippen molar-refractivity contribution in [3.05, 3.63) is 99.1 Å². The smallest absolute Gasteiger partial charge is 0.275 e. The van der Waals surface area contributed by atoms with Gasteiger partial charge in [-0.1, -0.05) is 54.6 Å². The molecule has 7 heteroatoms. The maximum atomic E-state index is 12.8. The van der Waals surface area contributed by atoms with Crippen LogP contribution >= 0.6 is 22.6 Å². The normalized spacial score (nSPS) is 10.9. The van der Waals surface area contributed by atoms with Crippen LogP contribution in [0.15, 0.2) is 84.0 Å². The molecular formula is C28H25IN2O4. The average Bonchev–Trinajstić information content (AvgIpc) is 2.88. The third-order valence-electron chi connectivity index (χ3n) is 5.25. The van der Waals surface area contributed by atoms with Crippen molar-refractivity contribution in [2.75, 3.05) is 13.7 Å². The molecule has 4 aromatic carbocycles. The van der Waals surface area contributed by atoms with Gasteiger partial charge in [0.15, 0.2) is 11.5 Å². The molecule has 0 aliphatic heterocycles. The van der Waals surface area contributed by atoms with Crippen LogP contribution in [0.4, 0.5) is 0 Å². The van der Waals surface area contributed by atoms with E-state index >= 15 is 0 Å². The molecule has 0 saturated carbocycles. The fourth-order valence-electron chi connectivity index (χ4n) is 3.59. The first-order valence-corrected chi connectivity index (χ1v) is 12.2. The second-order valence-electron chi connectivity index (χ2n) is 7.64. The maximum Gasteiger partial charge on any atom is 0.275 e. The molecule has 0 atom stereocenters. The number of hydrazone groups is 1. The monoisotopic (exact) mass is 580 g/mol. The SMILES string of the molecule is CCOc1cc(/C=N\NC(=O)c2cc3ccccc3cc2OC)cc(I)c1OCc1ccccc1. The standard InChI is InChI=1S/C28H25IN2O4/c1-3-34-26-14-20(13-24(29)27(26)35-18-19-9-5-4-6-10-19)17-30-31-28(32)23-15-21-11-7-8-12-22(21)16-25(23)33-2/h4-17H,3,18H2,1-2H3,(H,31,32)/b30-17-. The van der Waals surface area contributed by atoms with Gasteiger partial charge in [0.25, 0.3) is 5.91 Å². The van der Waals surface area contributed by atoms with E-state index in [4.69, 9.17) is 14.2 Å². The highest BCUT2D eigenvalue weighted by Gasteiger charge is 2.14. The molecular weight excluding hydrogens is 555 g/mol. The number of carbonyl (C=O) groups excluding carboxylic acids is 1. The molecule has 178 valence electrons. The highest BCUT2D eigenvalue weighted by atomic mass is 127. The highest BCUT2D eigenvalue weighted by Crippen LogP contribution is 2.34. The maximum absolute atomic E-state index is 12.8. The summed E-state index contributed by atoms with van der Waals surface area (Å²) in [7, 11) is 1.54. The summed E-state index contributed by atoms with van der Waals surface area (Å²) in [5.41, 5.74) is 4.86. The average molecular weight is 580 g/mol. The van der Waals surface area contributed by atoms with Crippen LogP contribution in [-0.4, -0.2) is 25.8 Å². The van der Waals surface area contributed by atoms with Gasteiger partial charge in [-0.15, -0.1) is 0 Å². The summed E-state index contributed by atoms with van der Waals surface area (Å²) in [5, 5.41) is 6.10. The van der Waals surface area contributed by atoms with Gasteiger partial charge in [-0.05, 0) is 75.7 Å². The van der Waals surface area contributed by atoms with Crippen molar-refractivity contribution >= 4 is 45.5 Å². The van der Waals surface area contributed by atoms with Crippen LogP contribution in [0.25, 0.3) is 10.8 Å². The Hall–Kier alpha value is -3.59. The van der Waals surface area contributed by atoms with Gasteiger partial charge < -0.3 is 14.2 Å². The minimum Gasteiger partial charge on any atom is -0.496 e. The van der Waals surface area contributed by atoms with Crippen molar-refractivity contribution in [3.63, 3.8) is 0 Å². The molecule has 0 spiro atoms. The Morgan fingerprint density at radius 2 is 1.66 bits per heavy atom. The molecule has 1 amide bonds. The molecule has 0 heterocycles. The van der Waals surface area contributed by atoms with E-state index in [9.17, 15) is 4.79 Å². The number of halogens is 1. The zero-order valence-electron chi connectivity index (χ0n) is 19.5. The van der Waals surface area contributed by atoms with Crippen LogP contribution in [0.5, 0.6) is 17.2 Å². The third kappa shape index (κ3) is 6.10. The number of benzene rings is 4. The number of methoxy groups -OCH3 is 1. The van der Waals surface area contributed by atoms with Gasteiger partial charge >= 0.3 is 0 Å². The number of hydrogen-bond acceptors (Lipinski definition) is 5. The highest BCUT2D eigenvalue weighted by molar-refractivity contribution is 14.1. The Balaban J connectivity index is 1.50. The first-order chi connectivity index (χ1) is 17.1. The van der Waals surface area contributed by atoms with Gasteiger partial charge in [0, 0.05) is 0 Å². The van der Waals surface area contributed by atoms with E-state index in [1.165, 1.54) is 0 Å². The van der Waals surface area contributed by atoms with E-state index in [0.717, 1.165) is 25.5 Å². The van der Waals surface area contributed by atoms with Crippen molar-refractivity contribution in [3.8, 4) is 17.2 Å². The van der Waals surface area contributed by atoms with Crippen molar-refractivity contribution in [2.24, 2.45) is 5.10 Å². The molecule has 0 unspecified atom stereocenters. The lowest BCUT2D eigenvalue weighted by atomic mass is 10.1. The molecule has 0 saturated heterocycles. The van der Waals surface area contributed by atoms with Crippen LogP contribution in [0.2, 0.25) is 0 Å². The molecule has 0 fully saturated rings. The lowest BCUT2D eigenvalue weighted by Gasteiger charge is -2.14. The number of amides is 1. The summed E-state index contributed by atoms with van der Waals surface area (Å²) in [6.07, 6.45) is 1.58. The predicted octanol–water partition coefficient (Wildman–Crippen LogP) is 6.19. The molecule has 0 bridgehead atoms. The van der Waals surface area contributed by atoms with Gasteiger partial charge in [-0.2, -0.15) is 5.10 Å². The number of nitrogens with zero attached hydrogens (tertiary/aromatic N) is 1. The number of hydrogen-bond donors (Lipinski definition) is 1. The zero-order chi connectivity index (χ0) is 24.6. The summed E-state index contributed by atoms with van der Waals surface area (Å²) < 4.78 is 18.2. The fourth-order valence-corrected chi connectivity index (χ4v) is 4.37. The van der Waals surface area contributed by atoms with E-state index in [-0.39, 0.29) is 5.91 Å². The van der Waals surface area contributed by atoms with Gasteiger partial charge in [0.1, 0.15) is 12.4 Å². The molecule has 1 N–H and O–H groups in total. The number of ether oxygens (including phenoxy) is 3. The third-order valence-corrected chi connectivity index (χ3v) is 6.05. The van der Waals surface area contributed by atoms with Crippen LogP contribution in [0.3, 0.4) is 0 Å². The summed E-state index contributed by atoms with van der Waals surface area (Å²) >= 11 is 2.22. The fraction of sp³-hybridized carbons (Fsp3) is 0.143. The first-order valence-electron chi connectivity index (χ1n) is 11.1. The quantitative estimate of drug-likeness (QED) is 0.146. The predicted molar refractivity (Wildman–Crippen MR) is 147 cm³/mol. The molecule has 4 aromatic rings. The minimum atomic E-state index is -0.355. The Kier molecular flexibility index (Phi) is 8.20. The Morgan fingerprint density at radius 3 is 2.37 bits per heavy atom. The van der Waals surface area contributed by atoms with E-state index in [0.29, 0.717) is 36.0 Å². The van der Waals surface area contributed by atoms with Crippen LogP contribution < -0.4 is 19.6 Å². The minimum absolute atomic E-state index is 0.355. The van der Waals surface area contributed by atoms with Crippen LogP contribution in [-0.2, 0) is 6.61 Å². The van der Waals surface area contributed by atoms with Crippen molar-refractivity contribution in [1.29, 1.82) is 0 Å². The molecule has 0 aliphatic carbocycles. The molecule has 0 radical (unpaired) electrons. The topological polar surface area (TPSA) is 69.2 Å². The largest absolute Gasteiger partial charge is 0.496 e. The molecule has 6 nitrogen and oxygen atoms in total. The summed E-state index contributed by atoms with van der Waals surface area (Å²) in [5.74, 6) is 1.44. The number of nitrogens with one attached hydrogen (secondary N) is 1. The molecule has 0 aromatic heterocycles. The second-order valence-corrected chi connectivity index (χ2v) is 8.80. The molecule has 0 aliphatic rings.